The topological polar surface area (TPSA) is 71.4 Å². The molecule has 1 fully saturated rings. The number of amides is 1. The van der Waals surface area contributed by atoms with Gasteiger partial charge in [-0.3, -0.25) is 9.78 Å². The summed E-state index contributed by atoms with van der Waals surface area (Å²) in [5, 5.41) is 7.11. The average molecular weight is 554 g/mol. The summed E-state index contributed by atoms with van der Waals surface area (Å²) >= 11 is 5.96. The fourth-order valence-electron chi connectivity index (χ4n) is 5.57. The molecule has 0 saturated carbocycles. The van der Waals surface area contributed by atoms with Crippen molar-refractivity contribution in [1.82, 2.24) is 14.9 Å². The maximum absolute atomic E-state index is 12.1. The Morgan fingerprint density at radius 2 is 1.80 bits per heavy atom. The molecule has 4 aromatic rings. The second-order valence-corrected chi connectivity index (χ2v) is 10.5. The molecule has 1 aliphatic heterocycles. The van der Waals surface area contributed by atoms with Gasteiger partial charge in [0.15, 0.2) is 5.11 Å². The van der Waals surface area contributed by atoms with Gasteiger partial charge < -0.3 is 24.8 Å². The van der Waals surface area contributed by atoms with Gasteiger partial charge in [0, 0.05) is 41.8 Å². The molecule has 0 unspecified atom stereocenters. The largest absolute Gasteiger partial charge is 0.375 e. The number of ether oxygens (including phenoxy) is 1. The molecule has 0 bridgehead atoms. The van der Waals surface area contributed by atoms with Gasteiger partial charge >= 0.3 is 0 Å². The molecule has 2 N–H and O–H groups in total. The van der Waals surface area contributed by atoms with Crippen LogP contribution in [0, 0.1) is 20.8 Å². The highest BCUT2D eigenvalue weighted by Crippen LogP contribution is 2.44. The first-order valence-corrected chi connectivity index (χ1v) is 13.9. The number of aromatic nitrogens is 2. The number of rotatable bonds is 8. The smallest absolute Gasteiger partial charge is 0.250 e. The van der Waals surface area contributed by atoms with Crippen LogP contribution in [-0.2, 0) is 16.0 Å². The van der Waals surface area contributed by atoms with Crippen LogP contribution in [0.3, 0.4) is 0 Å². The highest BCUT2D eigenvalue weighted by Gasteiger charge is 2.42. The number of nitrogens with zero attached hydrogens (tertiary/aromatic N) is 3. The first kappa shape index (κ1) is 27.6. The fourth-order valence-corrected chi connectivity index (χ4v) is 5.92. The number of methoxy groups -OCH3 is 1. The molecule has 1 saturated heterocycles. The number of hydrogen-bond donors (Lipinski definition) is 2. The Kier molecular flexibility index (Phi) is 8.00. The number of carbonyl (C=O) groups is 1. The van der Waals surface area contributed by atoms with Crippen LogP contribution >= 0.6 is 12.2 Å². The number of anilines is 2. The van der Waals surface area contributed by atoms with Crippen LogP contribution in [0.1, 0.15) is 52.8 Å². The van der Waals surface area contributed by atoms with Gasteiger partial charge in [-0.05, 0) is 105 Å². The molecule has 8 heteroatoms. The van der Waals surface area contributed by atoms with Crippen LogP contribution in [0.15, 0.2) is 72.9 Å². The molecule has 0 radical (unpaired) electrons. The van der Waals surface area contributed by atoms with E-state index in [0.29, 0.717) is 5.11 Å². The summed E-state index contributed by atoms with van der Waals surface area (Å²) in [6, 6.07) is 22.7. The molecule has 206 valence electrons. The second-order valence-electron chi connectivity index (χ2n) is 10.2. The van der Waals surface area contributed by atoms with E-state index >= 15 is 0 Å². The Hall–Kier alpha value is -4.01. The van der Waals surface area contributed by atoms with E-state index < -0.39 is 0 Å². The number of benzene rings is 2. The number of aryl methyl sites for hydroxylation is 3. The summed E-state index contributed by atoms with van der Waals surface area (Å²) in [6.07, 6.45) is 2.83. The van der Waals surface area contributed by atoms with Crippen molar-refractivity contribution in [1.29, 1.82) is 0 Å². The average Bonchev–Trinajstić information content (AvgIpc) is 3.45. The monoisotopic (exact) mass is 553 g/mol. The van der Waals surface area contributed by atoms with E-state index in [4.69, 9.17) is 21.9 Å². The third-order valence-electron chi connectivity index (χ3n) is 7.53. The van der Waals surface area contributed by atoms with Crippen molar-refractivity contribution in [2.24, 2.45) is 0 Å². The van der Waals surface area contributed by atoms with Crippen molar-refractivity contribution in [2.75, 3.05) is 23.9 Å². The maximum Gasteiger partial charge on any atom is 0.250 e. The molecule has 1 aliphatic rings. The van der Waals surface area contributed by atoms with E-state index in [2.05, 4.69) is 77.3 Å². The van der Waals surface area contributed by atoms with E-state index in [1.54, 1.807) is 0 Å². The minimum absolute atomic E-state index is 0.00589. The first-order chi connectivity index (χ1) is 19.3. The van der Waals surface area contributed by atoms with E-state index in [9.17, 15) is 4.79 Å². The lowest BCUT2D eigenvalue weighted by atomic mass is 9.96. The van der Waals surface area contributed by atoms with Crippen LogP contribution in [0.4, 0.5) is 11.4 Å². The van der Waals surface area contributed by atoms with Gasteiger partial charge in [0.1, 0.15) is 6.61 Å². The minimum atomic E-state index is -0.191. The molecule has 0 aliphatic carbocycles. The van der Waals surface area contributed by atoms with Crippen molar-refractivity contribution >= 4 is 34.6 Å². The lowest BCUT2D eigenvalue weighted by molar-refractivity contribution is -0.119. The zero-order valence-corrected chi connectivity index (χ0v) is 24.4. The van der Waals surface area contributed by atoms with Crippen molar-refractivity contribution < 1.29 is 9.53 Å². The predicted octanol–water partition coefficient (Wildman–Crippen LogP) is 6.12. The molecule has 7 nitrogen and oxygen atoms in total. The Labute approximate surface area is 241 Å². The highest BCUT2D eigenvalue weighted by molar-refractivity contribution is 7.80. The molecule has 5 rings (SSSR count). The summed E-state index contributed by atoms with van der Waals surface area (Å²) in [6.45, 7) is 8.47. The zero-order chi connectivity index (χ0) is 28.4. The Morgan fingerprint density at radius 3 is 2.45 bits per heavy atom. The molecule has 2 aromatic carbocycles. The third kappa shape index (κ3) is 5.24. The van der Waals surface area contributed by atoms with Crippen LogP contribution < -0.4 is 15.5 Å². The Bertz CT molecular complexity index is 1530. The Morgan fingerprint density at radius 1 is 1.05 bits per heavy atom. The van der Waals surface area contributed by atoms with E-state index in [-0.39, 0.29) is 24.6 Å². The number of hydrogen-bond acceptors (Lipinski definition) is 4. The molecule has 2 aromatic heterocycles. The molecular weight excluding hydrogens is 518 g/mol. The van der Waals surface area contributed by atoms with Gasteiger partial charge in [0.2, 0.25) is 5.91 Å². The zero-order valence-electron chi connectivity index (χ0n) is 23.6. The standard InChI is InChI=1S/C32H35N5O2S/c1-6-23-10-12-24(13-11-23)36-21(3)18-26(22(36)4)31-30(28-9-7-8-16-33-28)35-32(40)37(31)25-14-15-27(20(2)17-25)34-29(38)19-39-5/h7-18,30-31H,6,19H2,1-5H3,(H,34,38)(H,35,40)/t30-,31-/m0/s1. The first-order valence-electron chi connectivity index (χ1n) is 13.5. The summed E-state index contributed by atoms with van der Waals surface area (Å²) < 4.78 is 7.27. The normalized spacial score (nSPS) is 16.7. The van der Waals surface area contributed by atoms with E-state index in [1.807, 2.05) is 43.5 Å². The van der Waals surface area contributed by atoms with E-state index in [0.717, 1.165) is 46.1 Å². The van der Waals surface area contributed by atoms with Gasteiger partial charge in [-0.1, -0.05) is 25.1 Å². The Balaban J connectivity index is 1.59. The molecule has 3 heterocycles. The van der Waals surface area contributed by atoms with Gasteiger partial charge in [-0.2, -0.15) is 0 Å². The van der Waals surface area contributed by atoms with Crippen molar-refractivity contribution in [3.05, 3.63) is 107 Å². The SMILES string of the molecule is CCc1ccc(-n2c(C)cc([C@H]3[C@H](c4ccccn4)NC(=S)N3c3ccc(NC(=O)COC)c(C)c3)c2C)cc1. The van der Waals surface area contributed by atoms with Crippen LogP contribution in [0.5, 0.6) is 0 Å². The van der Waals surface area contributed by atoms with Gasteiger partial charge in [0.25, 0.3) is 0 Å². The summed E-state index contributed by atoms with van der Waals surface area (Å²) in [5.41, 5.74) is 9.49. The molecular formula is C32H35N5O2S. The second kappa shape index (κ2) is 11.6. The maximum atomic E-state index is 12.1. The lowest BCUT2D eigenvalue weighted by Gasteiger charge is -2.29. The van der Waals surface area contributed by atoms with Crippen LogP contribution in [0.25, 0.3) is 5.69 Å². The predicted molar refractivity (Wildman–Crippen MR) is 164 cm³/mol. The minimum Gasteiger partial charge on any atom is -0.375 e. The number of carbonyl (C=O) groups excluding carboxylic acids is 1. The summed E-state index contributed by atoms with van der Waals surface area (Å²) in [7, 11) is 1.51. The summed E-state index contributed by atoms with van der Waals surface area (Å²) in [4.78, 5) is 19.0. The fraction of sp³-hybridized carbons (Fsp3) is 0.281. The van der Waals surface area contributed by atoms with Crippen molar-refractivity contribution in [3.63, 3.8) is 0 Å². The highest BCUT2D eigenvalue weighted by atomic mass is 32.1. The lowest BCUT2D eigenvalue weighted by Crippen LogP contribution is -2.29. The van der Waals surface area contributed by atoms with Gasteiger partial charge in [0.05, 0.1) is 17.8 Å². The molecule has 1 amide bonds. The molecule has 2 atom stereocenters. The van der Waals surface area contributed by atoms with Crippen LogP contribution in [-0.4, -0.2) is 34.3 Å². The number of thiocarbonyl (C=S) groups is 1. The van der Waals surface area contributed by atoms with Crippen molar-refractivity contribution in [3.8, 4) is 5.69 Å². The summed E-state index contributed by atoms with van der Waals surface area (Å²) in [5.74, 6) is -0.191. The third-order valence-corrected chi connectivity index (χ3v) is 7.84. The van der Waals surface area contributed by atoms with Gasteiger partial charge in [-0.25, -0.2) is 0 Å². The number of nitrogens with one attached hydrogen (secondary N) is 2. The van der Waals surface area contributed by atoms with E-state index in [1.165, 1.54) is 18.2 Å². The number of pyridine rings is 1. The van der Waals surface area contributed by atoms with Crippen LogP contribution in [0.2, 0.25) is 0 Å². The molecule has 0 spiro atoms. The van der Waals surface area contributed by atoms with Gasteiger partial charge in [-0.15, -0.1) is 0 Å². The quantitative estimate of drug-likeness (QED) is 0.256. The molecule has 40 heavy (non-hydrogen) atoms. The van der Waals surface area contributed by atoms with Crippen molar-refractivity contribution in [2.45, 2.75) is 46.2 Å².